The molecule has 0 bridgehead atoms. The van der Waals surface area contributed by atoms with Gasteiger partial charge >= 0.3 is 13.1 Å². The lowest BCUT2D eigenvalue weighted by molar-refractivity contribution is -0.155. The van der Waals surface area contributed by atoms with Gasteiger partial charge in [-0.2, -0.15) is 0 Å². The Hall–Kier alpha value is -1.34. The summed E-state index contributed by atoms with van der Waals surface area (Å²) in [5, 5.41) is 4.02. The second kappa shape index (κ2) is 4.85. The largest absolute Gasteiger partial charge is 0.498 e. The van der Waals surface area contributed by atoms with Crippen molar-refractivity contribution in [1.29, 1.82) is 0 Å². The van der Waals surface area contributed by atoms with Gasteiger partial charge in [-0.05, 0) is 48.5 Å². The zero-order valence-electron chi connectivity index (χ0n) is 13.8. The van der Waals surface area contributed by atoms with Gasteiger partial charge in [0.05, 0.1) is 29.0 Å². The molecule has 2 rings (SSSR count). The van der Waals surface area contributed by atoms with E-state index in [0.717, 1.165) is 10.3 Å². The number of carbonyl (C=O) groups excluding carboxylic acids is 1. The van der Waals surface area contributed by atoms with E-state index in [-0.39, 0.29) is 5.97 Å². The fraction of sp³-hybridized carbons (Fsp3) is 0.714. The van der Waals surface area contributed by atoms with Crippen LogP contribution < -0.4 is 10.3 Å². The third kappa shape index (κ3) is 3.13. The van der Waals surface area contributed by atoms with Crippen LogP contribution in [-0.4, -0.2) is 34.2 Å². The highest BCUT2D eigenvalue weighted by Gasteiger charge is 2.52. The Bertz CT molecular complexity index is 529. The van der Waals surface area contributed by atoms with Crippen LogP contribution in [0.1, 0.15) is 48.5 Å². The molecule has 116 valence electrons. The molecule has 21 heavy (non-hydrogen) atoms. The third-order valence-electron chi connectivity index (χ3n) is 3.89. The molecule has 7 heteroatoms. The molecular formula is C14H23BN2O4. The van der Waals surface area contributed by atoms with Crippen molar-refractivity contribution in [2.24, 2.45) is 5.41 Å². The number of carbonyl (C=O) groups is 1. The highest BCUT2D eigenvalue weighted by atomic mass is 16.7. The van der Waals surface area contributed by atoms with Gasteiger partial charge in [-0.15, -0.1) is 5.10 Å². The average Bonchev–Trinajstić information content (AvgIpc) is 2.81. The van der Waals surface area contributed by atoms with E-state index in [1.807, 2.05) is 27.7 Å². The highest BCUT2D eigenvalue weighted by molar-refractivity contribution is 6.61. The van der Waals surface area contributed by atoms with E-state index >= 15 is 0 Å². The molecule has 0 aliphatic carbocycles. The Kier molecular flexibility index (Phi) is 3.70. The molecule has 6 nitrogen and oxygen atoms in total. The van der Waals surface area contributed by atoms with Crippen molar-refractivity contribution >= 4 is 18.6 Å². The summed E-state index contributed by atoms with van der Waals surface area (Å²) in [6, 6.07) is 0. The maximum absolute atomic E-state index is 11.8. The molecule has 1 aliphatic heterocycles. The molecule has 1 saturated heterocycles. The zero-order valence-corrected chi connectivity index (χ0v) is 13.8. The predicted molar refractivity (Wildman–Crippen MR) is 79.0 cm³/mol. The van der Waals surface area contributed by atoms with Gasteiger partial charge in [0.25, 0.3) is 0 Å². The van der Waals surface area contributed by atoms with E-state index in [9.17, 15) is 4.79 Å². The summed E-state index contributed by atoms with van der Waals surface area (Å²) in [5.74, 6) is -0.355. The van der Waals surface area contributed by atoms with E-state index in [0.29, 0.717) is 0 Å². The van der Waals surface area contributed by atoms with Crippen molar-refractivity contribution in [3.05, 3.63) is 12.4 Å². The van der Waals surface area contributed by atoms with Crippen molar-refractivity contribution in [2.75, 3.05) is 0 Å². The molecule has 2 heterocycles. The summed E-state index contributed by atoms with van der Waals surface area (Å²) in [5.41, 5.74) is -0.699. The van der Waals surface area contributed by atoms with Crippen molar-refractivity contribution in [3.63, 3.8) is 0 Å². The summed E-state index contributed by atoms with van der Waals surface area (Å²) in [7, 11) is -0.517. The highest BCUT2D eigenvalue weighted by Crippen LogP contribution is 2.36. The SMILES string of the molecule is CC(C)(C)C(=O)On1cc(B2OC(C)(C)C(C)(C)O2)cn1. The summed E-state index contributed by atoms with van der Waals surface area (Å²) < 4.78 is 11.8. The van der Waals surface area contributed by atoms with E-state index < -0.39 is 23.7 Å². The molecule has 1 aliphatic rings. The number of aromatic nitrogens is 2. The van der Waals surface area contributed by atoms with Gasteiger partial charge in [-0.1, -0.05) is 4.85 Å². The molecule has 0 N–H and O–H groups in total. The van der Waals surface area contributed by atoms with Crippen LogP contribution in [0.3, 0.4) is 0 Å². The maximum Gasteiger partial charge on any atom is 0.498 e. The Morgan fingerprint density at radius 1 is 1.24 bits per heavy atom. The first-order valence-corrected chi connectivity index (χ1v) is 7.05. The molecule has 1 fully saturated rings. The van der Waals surface area contributed by atoms with Gasteiger partial charge in [0.2, 0.25) is 0 Å². The summed E-state index contributed by atoms with van der Waals surface area (Å²) in [4.78, 5) is 18.2. The molecule has 0 radical (unpaired) electrons. The van der Waals surface area contributed by atoms with Crippen LogP contribution in [0.2, 0.25) is 0 Å². The number of hydrogen-bond acceptors (Lipinski definition) is 5. The van der Waals surface area contributed by atoms with Crippen molar-refractivity contribution in [1.82, 2.24) is 9.94 Å². The van der Waals surface area contributed by atoms with Crippen LogP contribution >= 0.6 is 0 Å². The van der Waals surface area contributed by atoms with Crippen molar-refractivity contribution in [2.45, 2.75) is 59.7 Å². The maximum atomic E-state index is 11.8. The van der Waals surface area contributed by atoms with E-state index in [1.54, 1.807) is 33.2 Å². The minimum Gasteiger partial charge on any atom is -0.399 e. The average molecular weight is 294 g/mol. The lowest BCUT2D eigenvalue weighted by Gasteiger charge is -2.32. The summed E-state index contributed by atoms with van der Waals surface area (Å²) in [6.07, 6.45) is 3.18. The smallest absolute Gasteiger partial charge is 0.399 e. The van der Waals surface area contributed by atoms with Gasteiger partial charge in [0.15, 0.2) is 0 Å². The second-order valence-electron chi connectivity index (χ2n) is 7.39. The van der Waals surface area contributed by atoms with Crippen LogP contribution in [0.4, 0.5) is 0 Å². The van der Waals surface area contributed by atoms with Crippen LogP contribution in [0.5, 0.6) is 0 Å². The molecule has 0 amide bonds. The monoisotopic (exact) mass is 294 g/mol. The molecule has 1 aromatic heterocycles. The minimum absolute atomic E-state index is 0.355. The topological polar surface area (TPSA) is 62.6 Å². The van der Waals surface area contributed by atoms with Gasteiger partial charge in [0, 0.05) is 5.46 Å². The fourth-order valence-corrected chi connectivity index (χ4v) is 1.69. The zero-order chi connectivity index (χ0) is 16.1. The van der Waals surface area contributed by atoms with E-state index in [4.69, 9.17) is 14.1 Å². The first-order valence-electron chi connectivity index (χ1n) is 7.05. The fourth-order valence-electron chi connectivity index (χ4n) is 1.69. The molecule has 0 aromatic carbocycles. The Balaban J connectivity index is 2.10. The molecule has 0 spiro atoms. The quantitative estimate of drug-likeness (QED) is 0.767. The Morgan fingerprint density at radius 2 is 1.76 bits per heavy atom. The van der Waals surface area contributed by atoms with E-state index in [1.165, 1.54) is 0 Å². The lowest BCUT2D eigenvalue weighted by atomic mass is 9.82. The molecule has 0 saturated carbocycles. The molecule has 1 aromatic rings. The second-order valence-corrected chi connectivity index (χ2v) is 7.39. The Labute approximate surface area is 125 Å². The number of nitrogens with zero attached hydrogens (tertiary/aromatic N) is 2. The van der Waals surface area contributed by atoms with Gasteiger partial charge in [0.1, 0.15) is 0 Å². The van der Waals surface area contributed by atoms with Crippen LogP contribution in [0.25, 0.3) is 0 Å². The first-order chi connectivity index (χ1) is 9.42. The van der Waals surface area contributed by atoms with Crippen molar-refractivity contribution < 1.29 is 18.9 Å². The molecule has 0 atom stereocenters. The minimum atomic E-state index is -0.587. The third-order valence-corrected chi connectivity index (χ3v) is 3.89. The normalized spacial score (nSPS) is 20.6. The first kappa shape index (κ1) is 16.0. The number of hydrogen-bond donors (Lipinski definition) is 0. The Morgan fingerprint density at radius 3 is 2.24 bits per heavy atom. The van der Waals surface area contributed by atoms with Crippen LogP contribution in [0.15, 0.2) is 12.4 Å². The predicted octanol–water partition coefficient (Wildman–Crippen LogP) is 1.18. The molecular weight excluding hydrogens is 271 g/mol. The van der Waals surface area contributed by atoms with Crippen LogP contribution in [0, 0.1) is 5.41 Å². The lowest BCUT2D eigenvalue weighted by Crippen LogP contribution is -2.41. The number of rotatable bonds is 2. The van der Waals surface area contributed by atoms with Gasteiger partial charge < -0.3 is 14.1 Å². The molecule has 0 unspecified atom stereocenters. The standard InChI is InChI=1S/C14H23BN2O4/c1-12(2,3)11(18)19-17-9-10(8-16-17)15-20-13(4,5)14(6,7)21-15/h8-9H,1-7H3. The van der Waals surface area contributed by atoms with E-state index in [2.05, 4.69) is 5.10 Å². The van der Waals surface area contributed by atoms with Crippen molar-refractivity contribution in [3.8, 4) is 0 Å². The van der Waals surface area contributed by atoms with Gasteiger partial charge in [-0.3, -0.25) is 0 Å². The van der Waals surface area contributed by atoms with Gasteiger partial charge in [-0.25, -0.2) is 4.79 Å². The summed E-state index contributed by atoms with van der Waals surface area (Å²) >= 11 is 0. The summed E-state index contributed by atoms with van der Waals surface area (Å²) in [6.45, 7) is 13.3. The van der Waals surface area contributed by atoms with Crippen LogP contribution in [-0.2, 0) is 14.1 Å².